The molecule has 1 N–H and O–H groups in total. The Bertz CT molecular complexity index is 940. The van der Waals surface area contributed by atoms with Crippen molar-refractivity contribution in [3.8, 4) is 0 Å². The quantitative estimate of drug-likeness (QED) is 0.343. The predicted octanol–water partition coefficient (Wildman–Crippen LogP) is 7.66. The van der Waals surface area contributed by atoms with E-state index in [9.17, 15) is 0 Å². The van der Waals surface area contributed by atoms with Gasteiger partial charge in [0.2, 0.25) is 0 Å². The number of rotatable bonds is 3. The van der Waals surface area contributed by atoms with E-state index in [1.54, 1.807) is 23.5 Å². The van der Waals surface area contributed by atoms with E-state index in [0.717, 1.165) is 26.6 Å². The van der Waals surface area contributed by atoms with Crippen LogP contribution < -0.4 is 5.43 Å². The maximum atomic E-state index is 6.16. The van der Waals surface area contributed by atoms with Crippen LogP contribution in [-0.4, -0.2) is 5.71 Å². The van der Waals surface area contributed by atoms with Gasteiger partial charge >= 0.3 is 0 Å². The molecule has 0 spiro atoms. The molecule has 7 heteroatoms. The first-order chi connectivity index (χ1) is 11.4. The minimum Gasteiger partial charge on any atom is -0.275 e. The normalized spacial score (nSPS) is 12.0. The minimum absolute atomic E-state index is 0.420. The van der Waals surface area contributed by atoms with E-state index in [1.807, 2.05) is 25.1 Å². The lowest BCUT2D eigenvalue weighted by molar-refractivity contribution is 1.32. The van der Waals surface area contributed by atoms with E-state index in [-0.39, 0.29) is 0 Å². The lowest BCUT2D eigenvalue weighted by Crippen LogP contribution is -2.00. The lowest BCUT2D eigenvalue weighted by Gasteiger charge is -2.08. The summed E-state index contributed by atoms with van der Waals surface area (Å²) in [5, 5.41) is 7.61. The molecule has 124 valence electrons. The minimum atomic E-state index is 0.420. The van der Waals surface area contributed by atoms with Crippen molar-refractivity contribution in [1.29, 1.82) is 0 Å². The van der Waals surface area contributed by atoms with Gasteiger partial charge in [-0.1, -0.05) is 46.4 Å². The number of nitrogens with one attached hydrogen (secondary N) is 1. The van der Waals surface area contributed by atoms with Crippen molar-refractivity contribution in [3.05, 3.63) is 60.9 Å². The summed E-state index contributed by atoms with van der Waals surface area (Å²) in [4.78, 5) is 1.08. The summed E-state index contributed by atoms with van der Waals surface area (Å²) >= 11 is 26.0. The van der Waals surface area contributed by atoms with Crippen molar-refractivity contribution in [1.82, 2.24) is 0 Å². The van der Waals surface area contributed by atoms with Crippen LogP contribution >= 0.6 is 57.7 Å². The summed E-state index contributed by atoms with van der Waals surface area (Å²) in [6.07, 6.45) is 0. The zero-order valence-corrected chi connectivity index (χ0v) is 16.6. The highest BCUT2D eigenvalue weighted by Crippen LogP contribution is 2.35. The van der Waals surface area contributed by atoms with Gasteiger partial charge in [-0.3, -0.25) is 5.43 Å². The second-order valence-electron chi connectivity index (χ2n) is 5.25. The molecule has 0 aliphatic heterocycles. The summed E-state index contributed by atoms with van der Waals surface area (Å²) in [5.74, 6) is 0. The first kappa shape index (κ1) is 17.8. The molecule has 0 saturated carbocycles. The molecule has 0 amide bonds. The second-order valence-corrected chi connectivity index (χ2v) is 7.99. The number of hydrogen-bond donors (Lipinski definition) is 1. The highest BCUT2D eigenvalue weighted by Gasteiger charge is 2.12. The molecule has 0 fully saturated rings. The lowest BCUT2D eigenvalue weighted by atomic mass is 10.1. The van der Waals surface area contributed by atoms with Crippen molar-refractivity contribution < 1.29 is 0 Å². The first-order valence-corrected chi connectivity index (χ1v) is 9.33. The van der Waals surface area contributed by atoms with Crippen LogP contribution in [0.1, 0.15) is 17.4 Å². The standard InChI is InChI=1S/C17H12Cl4N2S/c1-8-12-5-10(18)3-4-15(12)24-17(8)9(2)22-23-16-13(20)6-11(19)7-14(16)21/h3-7,23H,1-2H3. The van der Waals surface area contributed by atoms with Gasteiger partial charge in [-0.25, -0.2) is 0 Å². The van der Waals surface area contributed by atoms with Crippen molar-refractivity contribution in [2.45, 2.75) is 13.8 Å². The molecule has 2 nitrogen and oxygen atoms in total. The number of benzene rings is 2. The summed E-state index contributed by atoms with van der Waals surface area (Å²) in [5.41, 5.74) is 5.45. The SMILES string of the molecule is CC(=NNc1c(Cl)cc(Cl)cc1Cl)c1sc2ccc(Cl)cc2c1C. The number of hydrogen-bond acceptors (Lipinski definition) is 3. The van der Waals surface area contributed by atoms with Crippen molar-refractivity contribution in [3.63, 3.8) is 0 Å². The monoisotopic (exact) mass is 416 g/mol. The molecule has 1 heterocycles. The Morgan fingerprint density at radius 1 is 1.00 bits per heavy atom. The Kier molecular flexibility index (Phi) is 5.28. The molecular formula is C17H12Cl4N2S. The summed E-state index contributed by atoms with van der Waals surface area (Å²) in [6.45, 7) is 4.00. The van der Waals surface area contributed by atoms with Crippen molar-refractivity contribution in [2.24, 2.45) is 5.10 Å². The number of hydrazone groups is 1. The molecule has 0 radical (unpaired) electrons. The first-order valence-electron chi connectivity index (χ1n) is 7.00. The average molecular weight is 418 g/mol. The van der Waals surface area contributed by atoms with Gasteiger partial charge in [-0.15, -0.1) is 11.3 Å². The average Bonchev–Trinajstić information content (AvgIpc) is 2.83. The van der Waals surface area contributed by atoms with Crippen LogP contribution in [0.3, 0.4) is 0 Å². The third-order valence-corrected chi connectivity index (χ3v) is 6.00. The molecule has 0 aliphatic carbocycles. The Labute approximate surface area is 164 Å². The topological polar surface area (TPSA) is 24.4 Å². The number of thiophene rings is 1. The molecule has 1 aromatic heterocycles. The van der Waals surface area contributed by atoms with E-state index in [2.05, 4.69) is 17.5 Å². The van der Waals surface area contributed by atoms with Gasteiger partial charge in [0.15, 0.2) is 0 Å². The Morgan fingerprint density at radius 3 is 2.33 bits per heavy atom. The zero-order chi connectivity index (χ0) is 17.4. The van der Waals surface area contributed by atoms with E-state index in [0.29, 0.717) is 20.8 Å². The predicted molar refractivity (Wildman–Crippen MR) is 109 cm³/mol. The maximum absolute atomic E-state index is 6.16. The Morgan fingerprint density at radius 2 is 1.67 bits per heavy atom. The summed E-state index contributed by atoms with van der Waals surface area (Å²) in [7, 11) is 0. The number of aryl methyl sites for hydroxylation is 1. The van der Waals surface area contributed by atoms with Crippen LogP contribution in [0.25, 0.3) is 10.1 Å². The van der Waals surface area contributed by atoms with Crippen molar-refractivity contribution >= 4 is 79.2 Å². The van der Waals surface area contributed by atoms with Gasteiger partial charge < -0.3 is 0 Å². The number of halogens is 4. The molecular weight excluding hydrogens is 406 g/mol. The van der Waals surface area contributed by atoms with E-state index < -0.39 is 0 Å². The summed E-state index contributed by atoms with van der Waals surface area (Å²) in [6, 6.07) is 9.12. The molecule has 24 heavy (non-hydrogen) atoms. The fourth-order valence-corrected chi connectivity index (χ4v) is 4.59. The molecule has 0 bridgehead atoms. The number of anilines is 1. The van der Waals surface area contributed by atoms with Crippen molar-refractivity contribution in [2.75, 3.05) is 5.43 Å². The van der Waals surface area contributed by atoms with E-state index in [4.69, 9.17) is 46.4 Å². The molecule has 2 aromatic carbocycles. The second kappa shape index (κ2) is 7.11. The largest absolute Gasteiger partial charge is 0.275 e. The van der Waals surface area contributed by atoms with Crippen LogP contribution in [0.5, 0.6) is 0 Å². The molecule has 0 saturated heterocycles. The molecule has 3 aromatic rings. The van der Waals surface area contributed by atoms with Gasteiger partial charge in [0, 0.05) is 14.7 Å². The van der Waals surface area contributed by atoms with Gasteiger partial charge in [0.25, 0.3) is 0 Å². The van der Waals surface area contributed by atoms with E-state index >= 15 is 0 Å². The highest BCUT2D eigenvalue weighted by atomic mass is 35.5. The Hall–Kier alpha value is -0.970. The van der Waals surface area contributed by atoms with Crippen LogP contribution in [-0.2, 0) is 0 Å². The third kappa shape index (κ3) is 3.51. The fraction of sp³-hybridized carbons (Fsp3) is 0.118. The third-order valence-electron chi connectivity index (χ3n) is 3.57. The van der Waals surface area contributed by atoms with Crippen LogP contribution in [0.4, 0.5) is 5.69 Å². The van der Waals surface area contributed by atoms with Gasteiger partial charge in [-0.2, -0.15) is 5.10 Å². The van der Waals surface area contributed by atoms with Crippen LogP contribution in [0.15, 0.2) is 35.4 Å². The molecule has 0 aliphatic rings. The highest BCUT2D eigenvalue weighted by molar-refractivity contribution is 7.21. The molecule has 0 atom stereocenters. The number of fused-ring (bicyclic) bond motifs is 1. The smallest absolute Gasteiger partial charge is 0.0935 e. The maximum Gasteiger partial charge on any atom is 0.0935 e. The summed E-state index contributed by atoms with van der Waals surface area (Å²) < 4.78 is 1.17. The fourth-order valence-electron chi connectivity index (χ4n) is 2.38. The van der Waals surface area contributed by atoms with Crippen LogP contribution in [0, 0.1) is 6.92 Å². The van der Waals surface area contributed by atoms with E-state index in [1.165, 1.54) is 4.70 Å². The zero-order valence-electron chi connectivity index (χ0n) is 12.8. The van der Waals surface area contributed by atoms with Gasteiger partial charge in [0.1, 0.15) is 0 Å². The number of nitrogens with zero attached hydrogens (tertiary/aromatic N) is 1. The molecule has 3 rings (SSSR count). The van der Waals surface area contributed by atoms with Gasteiger partial charge in [-0.05, 0) is 55.1 Å². The Balaban J connectivity index is 1.96. The van der Waals surface area contributed by atoms with Crippen LogP contribution in [0.2, 0.25) is 20.1 Å². The van der Waals surface area contributed by atoms with Gasteiger partial charge in [0.05, 0.1) is 26.3 Å². The molecule has 0 unspecified atom stereocenters.